The van der Waals surface area contributed by atoms with E-state index in [4.69, 9.17) is 0 Å². The van der Waals surface area contributed by atoms with E-state index in [1.165, 1.54) is 12.0 Å². The smallest absolute Gasteiger partial charge is 0.130 e. The average molecular weight is 192 g/mol. The van der Waals surface area contributed by atoms with Crippen LogP contribution in [0.3, 0.4) is 0 Å². The summed E-state index contributed by atoms with van der Waals surface area (Å²) in [6, 6.07) is 0. The molecule has 1 aliphatic rings. The molecule has 2 unspecified atom stereocenters. The Kier molecular flexibility index (Phi) is 4.12. The lowest BCUT2D eigenvalue weighted by atomic mass is 9.75. The largest absolute Gasteiger partial charge is 0.300 e. The molecule has 1 aliphatic carbocycles. The predicted molar refractivity (Wildman–Crippen MR) is 60.1 cm³/mol. The quantitative estimate of drug-likeness (QED) is 0.623. The van der Waals surface area contributed by atoms with Gasteiger partial charge in [0.15, 0.2) is 0 Å². The second kappa shape index (κ2) is 5.14. The van der Waals surface area contributed by atoms with Gasteiger partial charge in [0.05, 0.1) is 0 Å². The van der Waals surface area contributed by atoms with Crippen molar-refractivity contribution in [3.63, 3.8) is 0 Å². The molecule has 14 heavy (non-hydrogen) atoms. The Morgan fingerprint density at radius 1 is 1.64 bits per heavy atom. The molecule has 0 aliphatic heterocycles. The standard InChI is InChI=1S/C13H20O/c1-4-5-12-7-6-10(2)13(9-12)8-11(3)14/h4,12-13H,1-2,5-9H2,3H3. The Balaban J connectivity index is 2.50. The monoisotopic (exact) mass is 192 g/mol. The van der Waals surface area contributed by atoms with Gasteiger partial charge in [-0.25, -0.2) is 0 Å². The van der Waals surface area contributed by atoms with Crippen LogP contribution in [0.5, 0.6) is 0 Å². The van der Waals surface area contributed by atoms with Crippen LogP contribution in [0.4, 0.5) is 0 Å². The van der Waals surface area contributed by atoms with E-state index in [-0.39, 0.29) is 5.78 Å². The number of rotatable bonds is 4. The van der Waals surface area contributed by atoms with Crippen molar-refractivity contribution in [1.29, 1.82) is 0 Å². The first-order chi connectivity index (χ1) is 6.63. The maximum absolute atomic E-state index is 11.1. The lowest BCUT2D eigenvalue weighted by Gasteiger charge is -2.30. The van der Waals surface area contributed by atoms with Crippen molar-refractivity contribution in [3.8, 4) is 0 Å². The fourth-order valence-electron chi connectivity index (χ4n) is 2.30. The molecule has 0 aromatic rings. The SMILES string of the molecule is C=CCC1CCC(=C)C(CC(C)=O)C1. The number of carbonyl (C=O) groups is 1. The van der Waals surface area contributed by atoms with Gasteiger partial charge in [-0.15, -0.1) is 6.58 Å². The molecule has 78 valence electrons. The zero-order valence-corrected chi connectivity index (χ0v) is 9.09. The first kappa shape index (κ1) is 11.2. The molecule has 0 amide bonds. The maximum atomic E-state index is 11.1. The van der Waals surface area contributed by atoms with Crippen LogP contribution in [-0.4, -0.2) is 5.78 Å². The summed E-state index contributed by atoms with van der Waals surface area (Å²) in [5.74, 6) is 1.45. The third kappa shape index (κ3) is 3.13. The van der Waals surface area contributed by atoms with Crippen LogP contribution in [0.1, 0.15) is 39.0 Å². The fourth-order valence-corrected chi connectivity index (χ4v) is 2.30. The van der Waals surface area contributed by atoms with Gasteiger partial charge in [0.2, 0.25) is 0 Å². The van der Waals surface area contributed by atoms with Crippen molar-refractivity contribution in [2.45, 2.75) is 39.0 Å². The molecule has 1 fully saturated rings. The highest BCUT2D eigenvalue weighted by atomic mass is 16.1. The van der Waals surface area contributed by atoms with Gasteiger partial charge in [0.25, 0.3) is 0 Å². The van der Waals surface area contributed by atoms with Gasteiger partial charge in [-0.3, -0.25) is 0 Å². The highest BCUT2D eigenvalue weighted by Gasteiger charge is 2.24. The highest BCUT2D eigenvalue weighted by molar-refractivity contribution is 5.76. The average Bonchev–Trinajstić information content (AvgIpc) is 2.10. The number of ketones is 1. The summed E-state index contributed by atoms with van der Waals surface area (Å²) >= 11 is 0. The lowest BCUT2D eigenvalue weighted by Crippen LogP contribution is -2.19. The molecule has 0 bridgehead atoms. The number of hydrogen-bond donors (Lipinski definition) is 0. The number of carbonyl (C=O) groups excluding carboxylic acids is 1. The Morgan fingerprint density at radius 3 is 2.93 bits per heavy atom. The van der Waals surface area contributed by atoms with Gasteiger partial charge < -0.3 is 4.79 Å². The summed E-state index contributed by atoms with van der Waals surface area (Å²) in [4.78, 5) is 11.1. The van der Waals surface area contributed by atoms with Crippen LogP contribution in [0.25, 0.3) is 0 Å². The lowest BCUT2D eigenvalue weighted by molar-refractivity contribution is -0.117. The molecule has 0 saturated heterocycles. The molecule has 0 spiro atoms. The van der Waals surface area contributed by atoms with Gasteiger partial charge in [-0.2, -0.15) is 0 Å². The number of Topliss-reactive ketones (excluding diaryl/α,β-unsaturated/α-hetero) is 1. The molecule has 1 heteroatoms. The van der Waals surface area contributed by atoms with Gasteiger partial charge in [-0.05, 0) is 44.4 Å². The predicted octanol–water partition coefficient (Wildman–Crippen LogP) is 3.51. The normalized spacial score (nSPS) is 27.4. The van der Waals surface area contributed by atoms with Crippen molar-refractivity contribution >= 4 is 5.78 Å². The Morgan fingerprint density at radius 2 is 2.36 bits per heavy atom. The van der Waals surface area contributed by atoms with Crippen molar-refractivity contribution in [1.82, 2.24) is 0 Å². The summed E-state index contributed by atoms with van der Waals surface area (Å²) in [6.07, 6.45) is 7.21. The van der Waals surface area contributed by atoms with E-state index < -0.39 is 0 Å². The van der Waals surface area contributed by atoms with Gasteiger partial charge in [0.1, 0.15) is 5.78 Å². The summed E-state index contributed by atoms with van der Waals surface area (Å²) in [5.41, 5.74) is 1.28. The molecular weight excluding hydrogens is 172 g/mol. The minimum absolute atomic E-state index is 0.287. The Bertz CT molecular complexity index is 240. The highest BCUT2D eigenvalue weighted by Crippen LogP contribution is 2.36. The third-order valence-electron chi connectivity index (χ3n) is 3.10. The van der Waals surface area contributed by atoms with Crippen LogP contribution < -0.4 is 0 Å². The van der Waals surface area contributed by atoms with Crippen molar-refractivity contribution in [2.75, 3.05) is 0 Å². The zero-order valence-electron chi connectivity index (χ0n) is 9.09. The van der Waals surface area contributed by atoms with E-state index >= 15 is 0 Å². The van der Waals surface area contributed by atoms with Gasteiger partial charge in [-0.1, -0.05) is 18.2 Å². The van der Waals surface area contributed by atoms with E-state index in [0.29, 0.717) is 12.3 Å². The second-order valence-corrected chi connectivity index (χ2v) is 4.43. The number of allylic oxidation sites excluding steroid dienone is 2. The van der Waals surface area contributed by atoms with E-state index in [0.717, 1.165) is 25.2 Å². The van der Waals surface area contributed by atoms with Crippen LogP contribution in [0, 0.1) is 11.8 Å². The molecule has 0 N–H and O–H groups in total. The van der Waals surface area contributed by atoms with Crippen LogP contribution >= 0.6 is 0 Å². The summed E-state index contributed by atoms with van der Waals surface area (Å²) in [5, 5.41) is 0. The van der Waals surface area contributed by atoms with Crippen LogP contribution in [-0.2, 0) is 4.79 Å². The molecular formula is C13H20O. The van der Waals surface area contributed by atoms with Gasteiger partial charge >= 0.3 is 0 Å². The molecule has 1 rings (SSSR count). The number of hydrogen-bond acceptors (Lipinski definition) is 1. The Hall–Kier alpha value is -0.850. The van der Waals surface area contributed by atoms with Crippen molar-refractivity contribution < 1.29 is 4.79 Å². The van der Waals surface area contributed by atoms with Crippen LogP contribution in [0.15, 0.2) is 24.8 Å². The summed E-state index contributed by atoms with van der Waals surface area (Å²) in [7, 11) is 0. The molecule has 0 aromatic carbocycles. The second-order valence-electron chi connectivity index (χ2n) is 4.43. The van der Waals surface area contributed by atoms with Crippen molar-refractivity contribution in [2.24, 2.45) is 11.8 Å². The first-order valence-corrected chi connectivity index (χ1v) is 5.41. The van der Waals surface area contributed by atoms with Gasteiger partial charge in [0, 0.05) is 6.42 Å². The van der Waals surface area contributed by atoms with Crippen molar-refractivity contribution in [3.05, 3.63) is 24.8 Å². The van der Waals surface area contributed by atoms with E-state index in [1.54, 1.807) is 6.92 Å². The minimum atomic E-state index is 0.287. The molecule has 0 heterocycles. The molecule has 0 radical (unpaired) electrons. The maximum Gasteiger partial charge on any atom is 0.130 e. The topological polar surface area (TPSA) is 17.1 Å². The van der Waals surface area contributed by atoms with E-state index in [1.807, 2.05) is 6.08 Å². The summed E-state index contributed by atoms with van der Waals surface area (Å²) in [6.45, 7) is 9.51. The Labute approximate surface area is 86.9 Å². The fraction of sp³-hybridized carbons (Fsp3) is 0.615. The zero-order chi connectivity index (χ0) is 10.6. The molecule has 1 nitrogen and oxygen atoms in total. The minimum Gasteiger partial charge on any atom is -0.300 e. The molecule has 2 atom stereocenters. The summed E-state index contributed by atoms with van der Waals surface area (Å²) < 4.78 is 0. The third-order valence-corrected chi connectivity index (χ3v) is 3.10. The van der Waals surface area contributed by atoms with E-state index in [9.17, 15) is 4.79 Å². The first-order valence-electron chi connectivity index (χ1n) is 5.41. The van der Waals surface area contributed by atoms with Crippen LogP contribution in [0.2, 0.25) is 0 Å². The molecule has 1 saturated carbocycles. The molecule has 0 aromatic heterocycles. The van der Waals surface area contributed by atoms with E-state index in [2.05, 4.69) is 13.2 Å².